The van der Waals surface area contributed by atoms with Crippen molar-refractivity contribution in [3.8, 4) is 17.2 Å². The van der Waals surface area contributed by atoms with Crippen LogP contribution in [0.1, 0.15) is 24.5 Å². The Labute approximate surface area is 143 Å². The van der Waals surface area contributed by atoms with E-state index in [4.69, 9.17) is 0 Å². The van der Waals surface area contributed by atoms with Crippen LogP contribution in [0.4, 0.5) is 0 Å². The van der Waals surface area contributed by atoms with Gasteiger partial charge >= 0.3 is 0 Å². The number of phenolic OH excluding ortho intramolecular Hbond substituents is 3. The Morgan fingerprint density at radius 2 is 1.52 bits per heavy atom. The largest absolute Gasteiger partial charge is 0.508 e. The molecule has 0 fully saturated rings. The highest BCUT2D eigenvalue weighted by atomic mass is 35.5. The first-order chi connectivity index (χ1) is 10.5. The molecular formula is C18H24ClNO3. The van der Waals surface area contributed by atoms with Crippen molar-refractivity contribution in [1.29, 1.82) is 0 Å². The lowest BCUT2D eigenvalue weighted by Crippen LogP contribution is -2.28. The highest BCUT2D eigenvalue weighted by Crippen LogP contribution is 2.24. The van der Waals surface area contributed by atoms with Crippen LogP contribution in [0.5, 0.6) is 17.2 Å². The molecule has 1 atom stereocenters. The van der Waals surface area contributed by atoms with Gasteiger partial charge in [-0.05, 0) is 68.1 Å². The lowest BCUT2D eigenvalue weighted by molar-refractivity contribution is 0.403. The maximum Gasteiger partial charge on any atom is 0.157 e. The summed E-state index contributed by atoms with van der Waals surface area (Å²) in [6.45, 7) is 2.97. The van der Waals surface area contributed by atoms with Crippen LogP contribution in [-0.2, 0) is 12.8 Å². The van der Waals surface area contributed by atoms with Gasteiger partial charge in [0, 0.05) is 6.04 Å². The minimum Gasteiger partial charge on any atom is -0.508 e. The van der Waals surface area contributed by atoms with Crippen molar-refractivity contribution in [2.75, 3.05) is 6.54 Å². The second-order valence-electron chi connectivity index (χ2n) is 5.63. The standard InChI is InChI=1S/C18H23NO3.ClH/c1-13(2-3-14-4-7-16(20)8-5-14)19-11-10-15-6-9-17(21)18(22)12-15;/h4-9,12-13,19-22H,2-3,10-11H2,1H3;1H. The predicted octanol–water partition coefficient (Wildman–Crippen LogP) is 3.38. The van der Waals surface area contributed by atoms with Gasteiger partial charge in [0.25, 0.3) is 0 Å². The fraction of sp³-hybridized carbons (Fsp3) is 0.333. The van der Waals surface area contributed by atoms with Gasteiger partial charge in [-0.2, -0.15) is 0 Å². The number of hydrogen-bond acceptors (Lipinski definition) is 4. The highest BCUT2D eigenvalue weighted by Gasteiger charge is 2.04. The van der Waals surface area contributed by atoms with Gasteiger partial charge in [-0.15, -0.1) is 12.4 Å². The van der Waals surface area contributed by atoms with Crippen molar-refractivity contribution in [3.63, 3.8) is 0 Å². The molecule has 2 aromatic rings. The van der Waals surface area contributed by atoms with E-state index in [-0.39, 0.29) is 23.9 Å². The van der Waals surface area contributed by atoms with Crippen LogP contribution in [0.25, 0.3) is 0 Å². The number of phenols is 3. The average Bonchev–Trinajstić information content (AvgIpc) is 2.50. The summed E-state index contributed by atoms with van der Waals surface area (Å²) < 4.78 is 0. The molecule has 0 heterocycles. The first-order valence-corrected chi connectivity index (χ1v) is 7.57. The third-order valence-electron chi connectivity index (χ3n) is 3.75. The van der Waals surface area contributed by atoms with Gasteiger partial charge in [0.05, 0.1) is 0 Å². The van der Waals surface area contributed by atoms with E-state index in [1.807, 2.05) is 18.2 Å². The van der Waals surface area contributed by atoms with Crippen LogP contribution < -0.4 is 5.32 Å². The Kier molecular flexibility index (Phi) is 7.72. The zero-order valence-corrected chi connectivity index (χ0v) is 14.0. The highest BCUT2D eigenvalue weighted by molar-refractivity contribution is 5.85. The Bertz CT molecular complexity index is 602. The zero-order valence-electron chi connectivity index (χ0n) is 13.2. The average molecular weight is 338 g/mol. The van der Waals surface area contributed by atoms with Crippen molar-refractivity contribution in [1.82, 2.24) is 5.32 Å². The fourth-order valence-electron chi connectivity index (χ4n) is 2.34. The molecule has 0 bridgehead atoms. The molecule has 0 radical (unpaired) electrons. The van der Waals surface area contributed by atoms with Crippen molar-refractivity contribution in [2.24, 2.45) is 0 Å². The Hall–Kier alpha value is -1.91. The van der Waals surface area contributed by atoms with Gasteiger partial charge in [-0.1, -0.05) is 18.2 Å². The van der Waals surface area contributed by atoms with Gasteiger partial charge in [-0.25, -0.2) is 0 Å². The van der Waals surface area contributed by atoms with Crippen molar-refractivity contribution < 1.29 is 15.3 Å². The third-order valence-corrected chi connectivity index (χ3v) is 3.75. The number of halogens is 1. The number of aromatic hydroxyl groups is 3. The summed E-state index contributed by atoms with van der Waals surface area (Å²) in [5, 5.41) is 31.4. The molecule has 0 spiro atoms. The first kappa shape index (κ1) is 19.1. The van der Waals surface area contributed by atoms with E-state index < -0.39 is 0 Å². The van der Waals surface area contributed by atoms with E-state index in [0.29, 0.717) is 11.8 Å². The van der Waals surface area contributed by atoms with E-state index in [2.05, 4.69) is 12.2 Å². The summed E-state index contributed by atoms with van der Waals surface area (Å²) in [6.07, 6.45) is 2.79. The molecule has 126 valence electrons. The molecule has 0 aliphatic rings. The Balaban J connectivity index is 0.00000264. The van der Waals surface area contributed by atoms with E-state index in [9.17, 15) is 15.3 Å². The molecular weight excluding hydrogens is 314 g/mol. The van der Waals surface area contributed by atoms with E-state index in [1.165, 1.54) is 11.6 Å². The van der Waals surface area contributed by atoms with Crippen LogP contribution in [0, 0.1) is 0 Å². The normalized spacial score (nSPS) is 11.7. The summed E-state index contributed by atoms with van der Waals surface area (Å²) in [5.41, 5.74) is 2.21. The third kappa shape index (κ3) is 6.38. The molecule has 0 saturated heterocycles. The second-order valence-corrected chi connectivity index (χ2v) is 5.63. The second kappa shape index (κ2) is 9.28. The molecule has 1 unspecified atom stereocenters. The molecule has 23 heavy (non-hydrogen) atoms. The van der Waals surface area contributed by atoms with Gasteiger partial charge < -0.3 is 20.6 Å². The minimum atomic E-state index is -0.0843. The molecule has 0 saturated carbocycles. The number of benzene rings is 2. The van der Waals surface area contributed by atoms with Crippen LogP contribution >= 0.6 is 12.4 Å². The predicted molar refractivity (Wildman–Crippen MR) is 94.6 cm³/mol. The van der Waals surface area contributed by atoms with Crippen molar-refractivity contribution in [3.05, 3.63) is 53.6 Å². The number of aryl methyl sites for hydroxylation is 1. The molecule has 2 aromatic carbocycles. The van der Waals surface area contributed by atoms with E-state index >= 15 is 0 Å². The number of rotatable bonds is 7. The summed E-state index contributed by atoms with van der Waals surface area (Å²) in [7, 11) is 0. The van der Waals surface area contributed by atoms with Gasteiger partial charge in [-0.3, -0.25) is 0 Å². The zero-order chi connectivity index (χ0) is 15.9. The van der Waals surface area contributed by atoms with E-state index in [0.717, 1.165) is 31.4 Å². The van der Waals surface area contributed by atoms with Crippen LogP contribution in [0.15, 0.2) is 42.5 Å². The van der Waals surface area contributed by atoms with Crippen molar-refractivity contribution in [2.45, 2.75) is 32.2 Å². The summed E-state index contributed by atoms with van der Waals surface area (Å²) in [6, 6.07) is 12.6. The maximum absolute atomic E-state index is 9.45. The molecule has 4 nitrogen and oxygen atoms in total. The van der Waals surface area contributed by atoms with Crippen LogP contribution in [0.3, 0.4) is 0 Å². The fourth-order valence-corrected chi connectivity index (χ4v) is 2.34. The lowest BCUT2D eigenvalue weighted by Gasteiger charge is -2.14. The molecule has 0 aliphatic heterocycles. The monoisotopic (exact) mass is 337 g/mol. The number of hydrogen-bond donors (Lipinski definition) is 4. The topological polar surface area (TPSA) is 72.7 Å². The Morgan fingerprint density at radius 3 is 2.17 bits per heavy atom. The molecule has 0 aromatic heterocycles. The summed E-state index contributed by atoms with van der Waals surface area (Å²) in [5.74, 6) is 0.143. The lowest BCUT2D eigenvalue weighted by atomic mass is 10.1. The van der Waals surface area contributed by atoms with Crippen molar-refractivity contribution >= 4 is 12.4 Å². The van der Waals surface area contributed by atoms with Gasteiger partial charge in [0.15, 0.2) is 11.5 Å². The smallest absolute Gasteiger partial charge is 0.157 e. The molecule has 4 N–H and O–H groups in total. The first-order valence-electron chi connectivity index (χ1n) is 7.57. The van der Waals surface area contributed by atoms with Crippen LogP contribution in [-0.4, -0.2) is 27.9 Å². The van der Waals surface area contributed by atoms with Gasteiger partial charge in [0.1, 0.15) is 5.75 Å². The summed E-state index contributed by atoms with van der Waals surface area (Å²) in [4.78, 5) is 0. The SMILES string of the molecule is CC(CCc1ccc(O)cc1)NCCc1ccc(O)c(O)c1.Cl. The summed E-state index contributed by atoms with van der Waals surface area (Å²) >= 11 is 0. The molecule has 0 aliphatic carbocycles. The Morgan fingerprint density at radius 1 is 0.870 bits per heavy atom. The van der Waals surface area contributed by atoms with Crippen LogP contribution in [0.2, 0.25) is 0 Å². The minimum absolute atomic E-state index is 0. The molecule has 2 rings (SSSR count). The molecule has 5 heteroatoms. The quantitative estimate of drug-likeness (QED) is 0.584. The number of nitrogens with one attached hydrogen (secondary N) is 1. The van der Waals surface area contributed by atoms with E-state index in [1.54, 1.807) is 18.2 Å². The maximum atomic E-state index is 9.45. The van der Waals surface area contributed by atoms with Gasteiger partial charge in [0.2, 0.25) is 0 Å². The molecule has 0 amide bonds.